The van der Waals surface area contributed by atoms with E-state index in [4.69, 9.17) is 34.8 Å². The molecule has 3 aromatic carbocycles. The number of para-hydroxylation sites is 1. The van der Waals surface area contributed by atoms with Crippen LogP contribution in [0.2, 0.25) is 15.1 Å². The first-order chi connectivity index (χ1) is 17.2. The lowest BCUT2D eigenvalue weighted by Gasteiger charge is -2.13. The largest absolute Gasteiger partial charge is 0.508 e. The van der Waals surface area contributed by atoms with E-state index in [1.54, 1.807) is 42.5 Å². The van der Waals surface area contributed by atoms with Crippen molar-refractivity contribution in [3.63, 3.8) is 0 Å². The lowest BCUT2D eigenvalue weighted by Crippen LogP contribution is -2.35. The van der Waals surface area contributed by atoms with E-state index in [2.05, 4.69) is 16.0 Å². The summed E-state index contributed by atoms with van der Waals surface area (Å²) in [5.74, 6) is -0.536. The van der Waals surface area contributed by atoms with Gasteiger partial charge >= 0.3 is 6.03 Å². The summed E-state index contributed by atoms with van der Waals surface area (Å²) in [5, 5.41) is 18.5. The minimum atomic E-state index is -0.425. The number of benzene rings is 3. The molecule has 188 valence electrons. The average molecular weight is 549 g/mol. The molecule has 0 radical (unpaired) electrons. The Balaban J connectivity index is 1.50. The summed E-state index contributed by atoms with van der Waals surface area (Å²) in [7, 11) is 0. The smallest absolute Gasteiger partial charge is 0.315 e. The number of halogens is 3. The van der Waals surface area contributed by atoms with Crippen molar-refractivity contribution in [1.82, 2.24) is 10.6 Å². The maximum absolute atomic E-state index is 12.8. The first-order valence-corrected chi connectivity index (χ1v) is 12.2. The van der Waals surface area contributed by atoms with Crippen LogP contribution in [0.5, 0.6) is 5.75 Å². The Kier molecular flexibility index (Phi) is 9.99. The zero-order valence-corrected chi connectivity index (χ0v) is 21.4. The molecule has 0 aliphatic heterocycles. The van der Waals surface area contributed by atoms with Crippen LogP contribution < -0.4 is 16.0 Å². The van der Waals surface area contributed by atoms with Gasteiger partial charge in [0.25, 0.3) is 0 Å². The predicted octanol–water partition coefficient (Wildman–Crippen LogP) is 6.00. The third-order valence-corrected chi connectivity index (χ3v) is 6.14. The summed E-state index contributed by atoms with van der Waals surface area (Å²) in [6.45, 7) is 0.405. The van der Waals surface area contributed by atoms with Crippen LogP contribution in [0.15, 0.2) is 60.7 Å². The van der Waals surface area contributed by atoms with Crippen LogP contribution in [0.1, 0.15) is 34.3 Å². The molecule has 0 bridgehead atoms. The van der Waals surface area contributed by atoms with Crippen molar-refractivity contribution in [2.24, 2.45) is 0 Å². The fourth-order valence-electron chi connectivity index (χ4n) is 3.41. The molecule has 3 aromatic rings. The summed E-state index contributed by atoms with van der Waals surface area (Å²) in [6, 6.07) is 16.3. The fourth-order valence-corrected chi connectivity index (χ4v) is 4.25. The van der Waals surface area contributed by atoms with Crippen LogP contribution in [0.25, 0.3) is 0 Å². The number of carbonyl (C=O) groups is 3. The topological polar surface area (TPSA) is 108 Å². The highest BCUT2D eigenvalue weighted by Gasteiger charge is 2.19. The van der Waals surface area contributed by atoms with Crippen LogP contribution in [0.3, 0.4) is 0 Å². The Labute approximate surface area is 223 Å². The van der Waals surface area contributed by atoms with Gasteiger partial charge in [0.1, 0.15) is 5.75 Å². The summed E-state index contributed by atoms with van der Waals surface area (Å²) in [4.78, 5) is 37.2. The van der Waals surface area contributed by atoms with E-state index < -0.39 is 6.03 Å². The molecule has 0 heterocycles. The molecule has 0 unspecified atom stereocenters. The van der Waals surface area contributed by atoms with Gasteiger partial charge in [0.15, 0.2) is 5.78 Å². The van der Waals surface area contributed by atoms with Gasteiger partial charge in [-0.05, 0) is 42.3 Å². The molecule has 0 aliphatic rings. The summed E-state index contributed by atoms with van der Waals surface area (Å²) in [5.41, 5.74) is 1.71. The number of ketones is 1. The van der Waals surface area contributed by atoms with Crippen molar-refractivity contribution >= 4 is 58.2 Å². The van der Waals surface area contributed by atoms with Gasteiger partial charge < -0.3 is 21.1 Å². The van der Waals surface area contributed by atoms with Gasteiger partial charge in [0.05, 0.1) is 27.7 Å². The zero-order chi connectivity index (χ0) is 26.1. The fraction of sp³-hybridized carbons (Fsp3) is 0.192. The minimum Gasteiger partial charge on any atom is -0.508 e. The predicted molar refractivity (Wildman–Crippen MR) is 142 cm³/mol. The number of hydrogen-bond donors (Lipinski definition) is 4. The van der Waals surface area contributed by atoms with Crippen molar-refractivity contribution in [2.45, 2.75) is 25.8 Å². The molecular weight excluding hydrogens is 525 g/mol. The van der Waals surface area contributed by atoms with Crippen LogP contribution in [0, 0.1) is 0 Å². The summed E-state index contributed by atoms with van der Waals surface area (Å²) in [6.07, 6.45) is 0.514. The van der Waals surface area contributed by atoms with E-state index in [-0.39, 0.29) is 64.7 Å². The first kappa shape index (κ1) is 27.3. The van der Waals surface area contributed by atoms with E-state index in [9.17, 15) is 19.5 Å². The molecule has 0 aromatic heterocycles. The molecule has 0 saturated carbocycles. The van der Waals surface area contributed by atoms with Crippen LogP contribution in [-0.2, 0) is 17.8 Å². The number of hydrogen-bond acceptors (Lipinski definition) is 4. The van der Waals surface area contributed by atoms with Crippen LogP contribution in [0.4, 0.5) is 10.5 Å². The second kappa shape index (κ2) is 13.2. The Morgan fingerprint density at radius 1 is 0.889 bits per heavy atom. The number of carbonyl (C=O) groups excluding carboxylic acids is 3. The van der Waals surface area contributed by atoms with E-state index >= 15 is 0 Å². The SMILES string of the molecule is O=C(Cc1cccc(Cl)c1)Nc1ccc(Cl)c(C(=O)CCCNC(=O)NCc2ccccc2O)c1Cl. The van der Waals surface area contributed by atoms with Crippen LogP contribution in [-0.4, -0.2) is 29.4 Å². The average Bonchev–Trinajstić information content (AvgIpc) is 2.83. The molecule has 10 heteroatoms. The number of nitrogens with one attached hydrogen (secondary N) is 3. The molecule has 4 N–H and O–H groups in total. The van der Waals surface area contributed by atoms with Crippen molar-refractivity contribution in [3.05, 3.63) is 92.4 Å². The highest BCUT2D eigenvalue weighted by molar-refractivity contribution is 6.41. The number of aromatic hydroxyl groups is 1. The maximum Gasteiger partial charge on any atom is 0.315 e. The third kappa shape index (κ3) is 7.88. The minimum absolute atomic E-state index is 0.0558. The van der Waals surface area contributed by atoms with E-state index in [1.807, 2.05) is 0 Å². The van der Waals surface area contributed by atoms with Crippen molar-refractivity contribution in [2.75, 3.05) is 11.9 Å². The van der Waals surface area contributed by atoms with Crippen molar-refractivity contribution in [1.29, 1.82) is 0 Å². The number of phenols is 1. The Morgan fingerprint density at radius 3 is 2.42 bits per heavy atom. The summed E-state index contributed by atoms with van der Waals surface area (Å²) < 4.78 is 0. The highest BCUT2D eigenvalue weighted by atomic mass is 35.5. The Morgan fingerprint density at radius 2 is 1.67 bits per heavy atom. The van der Waals surface area contributed by atoms with Gasteiger partial charge in [-0.1, -0.05) is 65.1 Å². The molecule has 0 atom stereocenters. The number of urea groups is 1. The third-order valence-electron chi connectivity index (χ3n) is 5.19. The molecular formula is C26H24Cl3N3O4. The lowest BCUT2D eigenvalue weighted by molar-refractivity contribution is -0.115. The number of Topliss-reactive ketones (excluding diaryl/α,β-unsaturated/α-hetero) is 1. The molecule has 36 heavy (non-hydrogen) atoms. The highest BCUT2D eigenvalue weighted by Crippen LogP contribution is 2.33. The molecule has 0 fully saturated rings. The standard InChI is InChI=1S/C26H24Cl3N3O4/c27-18-7-3-5-16(13-18)14-23(35)32-20-11-10-19(28)24(25(20)29)22(34)9-4-12-30-26(36)31-15-17-6-1-2-8-21(17)33/h1-3,5-8,10-11,13,33H,4,9,12,14-15H2,(H,32,35)(H2,30,31,36). The zero-order valence-electron chi connectivity index (χ0n) is 19.1. The van der Waals surface area contributed by atoms with Gasteiger partial charge in [-0.3, -0.25) is 9.59 Å². The number of phenolic OH excluding ortho intramolecular Hbond substituents is 1. The quantitative estimate of drug-likeness (QED) is 0.184. The molecule has 0 aliphatic carbocycles. The van der Waals surface area contributed by atoms with E-state index in [0.717, 1.165) is 5.56 Å². The Bertz CT molecular complexity index is 1270. The van der Waals surface area contributed by atoms with E-state index in [0.29, 0.717) is 17.0 Å². The first-order valence-electron chi connectivity index (χ1n) is 11.1. The monoisotopic (exact) mass is 547 g/mol. The van der Waals surface area contributed by atoms with Gasteiger partial charge in [-0.2, -0.15) is 0 Å². The molecule has 3 rings (SSSR count). The van der Waals surface area contributed by atoms with Gasteiger partial charge in [-0.25, -0.2) is 4.79 Å². The van der Waals surface area contributed by atoms with Gasteiger partial charge in [0.2, 0.25) is 5.91 Å². The second-order valence-electron chi connectivity index (χ2n) is 7.90. The molecule has 3 amide bonds. The normalized spacial score (nSPS) is 10.5. The summed E-state index contributed by atoms with van der Waals surface area (Å²) >= 11 is 18.6. The van der Waals surface area contributed by atoms with Crippen LogP contribution >= 0.6 is 34.8 Å². The maximum atomic E-state index is 12.8. The van der Waals surface area contributed by atoms with Crippen molar-refractivity contribution in [3.8, 4) is 5.75 Å². The van der Waals surface area contributed by atoms with Crippen molar-refractivity contribution < 1.29 is 19.5 Å². The molecule has 0 saturated heterocycles. The molecule has 0 spiro atoms. The number of amides is 3. The Hall–Kier alpha value is -3.26. The van der Waals surface area contributed by atoms with E-state index in [1.165, 1.54) is 18.2 Å². The lowest BCUT2D eigenvalue weighted by atomic mass is 10.1. The second-order valence-corrected chi connectivity index (χ2v) is 9.13. The molecule has 7 nitrogen and oxygen atoms in total. The van der Waals surface area contributed by atoms with Gasteiger partial charge in [0, 0.05) is 30.1 Å². The number of anilines is 1. The number of rotatable bonds is 10. The van der Waals surface area contributed by atoms with Gasteiger partial charge in [-0.15, -0.1) is 0 Å².